The Morgan fingerprint density at radius 3 is 2.48 bits per heavy atom. The van der Waals surface area contributed by atoms with Crippen molar-refractivity contribution in [3.63, 3.8) is 0 Å². The summed E-state index contributed by atoms with van der Waals surface area (Å²) in [5, 5.41) is 18.2. The van der Waals surface area contributed by atoms with Gasteiger partial charge in [0.05, 0.1) is 17.7 Å². The highest BCUT2D eigenvalue weighted by atomic mass is 16.3. The number of aliphatic hydroxyl groups is 1. The summed E-state index contributed by atoms with van der Waals surface area (Å²) in [7, 11) is 0. The normalized spacial score (nSPS) is 21.3. The third-order valence-corrected chi connectivity index (χ3v) is 5.03. The molecule has 158 valence electrons. The van der Waals surface area contributed by atoms with Gasteiger partial charge in [-0.3, -0.25) is 14.4 Å². The Labute approximate surface area is 170 Å². The first-order valence-electron chi connectivity index (χ1n) is 9.77. The van der Waals surface area contributed by atoms with Crippen LogP contribution in [0.25, 0.3) is 0 Å². The van der Waals surface area contributed by atoms with Gasteiger partial charge in [-0.1, -0.05) is 30.3 Å². The van der Waals surface area contributed by atoms with Gasteiger partial charge in [0.2, 0.25) is 11.8 Å². The molecule has 1 fully saturated rings. The average molecular weight is 402 g/mol. The van der Waals surface area contributed by atoms with Gasteiger partial charge < -0.3 is 26.8 Å². The minimum atomic E-state index is -1.09. The lowest BCUT2D eigenvalue weighted by molar-refractivity contribution is -0.131. The summed E-state index contributed by atoms with van der Waals surface area (Å²) in [5.41, 5.74) is 6.55. The fourth-order valence-corrected chi connectivity index (χ4v) is 3.49. The number of carbonyl (C=O) groups is 3. The number of aliphatic hydroxyl groups excluding tert-OH is 1. The molecule has 0 bridgehead atoms. The molecular weight excluding hydrogens is 372 g/mol. The zero-order valence-corrected chi connectivity index (χ0v) is 16.9. The molecule has 1 aromatic rings. The van der Waals surface area contributed by atoms with Crippen LogP contribution in [0.3, 0.4) is 0 Å². The van der Waals surface area contributed by atoms with Crippen LogP contribution in [0.4, 0.5) is 0 Å². The highest BCUT2D eigenvalue weighted by Gasteiger charge is 2.35. The fraction of sp³-hybridized carbons (Fsp3) is 0.476. The number of amides is 2. The molecule has 29 heavy (non-hydrogen) atoms. The van der Waals surface area contributed by atoms with Crippen LogP contribution >= 0.6 is 0 Å². The van der Waals surface area contributed by atoms with E-state index in [1.54, 1.807) is 0 Å². The van der Waals surface area contributed by atoms with E-state index in [9.17, 15) is 19.5 Å². The van der Waals surface area contributed by atoms with Gasteiger partial charge in [-0.05, 0) is 38.5 Å². The lowest BCUT2D eigenvalue weighted by atomic mass is 9.88. The van der Waals surface area contributed by atoms with Crippen molar-refractivity contribution in [3.8, 4) is 0 Å². The van der Waals surface area contributed by atoms with Crippen LogP contribution in [0.2, 0.25) is 0 Å². The maximum atomic E-state index is 12.9. The third-order valence-electron chi connectivity index (χ3n) is 5.03. The number of ketones is 1. The summed E-state index contributed by atoms with van der Waals surface area (Å²) >= 11 is 0. The molecule has 0 spiro atoms. The van der Waals surface area contributed by atoms with Crippen molar-refractivity contribution in [1.82, 2.24) is 16.0 Å². The highest BCUT2D eigenvalue weighted by Crippen LogP contribution is 2.28. The highest BCUT2D eigenvalue weighted by molar-refractivity contribution is 5.93. The van der Waals surface area contributed by atoms with Crippen LogP contribution < -0.4 is 21.7 Å². The van der Waals surface area contributed by atoms with Gasteiger partial charge >= 0.3 is 0 Å². The first-order valence-corrected chi connectivity index (χ1v) is 9.77. The molecule has 2 rings (SSSR count). The van der Waals surface area contributed by atoms with Crippen molar-refractivity contribution < 1.29 is 19.5 Å². The van der Waals surface area contributed by atoms with Gasteiger partial charge in [-0.25, -0.2) is 0 Å². The Hall–Kier alpha value is -2.71. The summed E-state index contributed by atoms with van der Waals surface area (Å²) in [6.07, 6.45) is 1.55. The Kier molecular flexibility index (Phi) is 8.35. The lowest BCUT2D eigenvalue weighted by Gasteiger charge is -2.23. The van der Waals surface area contributed by atoms with E-state index < -0.39 is 18.0 Å². The molecule has 8 nitrogen and oxygen atoms in total. The van der Waals surface area contributed by atoms with Crippen molar-refractivity contribution >= 4 is 17.6 Å². The molecule has 1 heterocycles. The van der Waals surface area contributed by atoms with Crippen LogP contribution in [-0.4, -0.2) is 54.4 Å². The molecule has 4 atom stereocenters. The second kappa shape index (κ2) is 10.7. The van der Waals surface area contributed by atoms with E-state index in [0.29, 0.717) is 19.5 Å². The number of Topliss-reactive ketones (excluding diaryl/α,β-unsaturated/α-hetero) is 1. The van der Waals surface area contributed by atoms with Gasteiger partial charge in [0, 0.05) is 19.0 Å². The van der Waals surface area contributed by atoms with Crippen molar-refractivity contribution in [1.29, 1.82) is 0 Å². The second-order valence-corrected chi connectivity index (χ2v) is 7.33. The standard InChI is InChI=1S/C21H30N4O4/c1-13(26)10-19(21(29)24-18(8-9-22)14(2)27)25-20(28)17-12-23-11-16(17)15-6-4-3-5-7-15/h3-7,10,16-19,23,26H,8-9,11-12,22H2,1-2H3,(H,24,29)(H,25,28)/b13-10-/t16?,17?,18-,19?/m0/s1. The summed E-state index contributed by atoms with van der Waals surface area (Å²) in [5.74, 6) is -1.55. The van der Waals surface area contributed by atoms with Crippen molar-refractivity contribution in [2.24, 2.45) is 11.7 Å². The number of nitrogens with one attached hydrogen (secondary N) is 3. The second-order valence-electron chi connectivity index (χ2n) is 7.33. The van der Waals surface area contributed by atoms with E-state index in [-0.39, 0.29) is 35.8 Å². The van der Waals surface area contributed by atoms with Crippen LogP contribution in [0.5, 0.6) is 0 Å². The molecule has 1 saturated heterocycles. The van der Waals surface area contributed by atoms with Crippen molar-refractivity contribution in [3.05, 3.63) is 47.7 Å². The molecule has 0 aromatic heterocycles. The number of hydrogen-bond acceptors (Lipinski definition) is 6. The molecule has 1 aliphatic heterocycles. The maximum Gasteiger partial charge on any atom is 0.247 e. The van der Waals surface area contributed by atoms with Crippen LogP contribution in [0.1, 0.15) is 31.7 Å². The van der Waals surface area contributed by atoms with E-state index >= 15 is 0 Å². The molecule has 8 heteroatoms. The molecule has 0 saturated carbocycles. The Balaban J connectivity index is 2.12. The summed E-state index contributed by atoms with van der Waals surface area (Å²) in [4.78, 5) is 37.3. The average Bonchev–Trinajstić information content (AvgIpc) is 3.17. The predicted molar refractivity (Wildman–Crippen MR) is 110 cm³/mol. The van der Waals surface area contributed by atoms with Crippen molar-refractivity contribution in [2.75, 3.05) is 19.6 Å². The summed E-state index contributed by atoms with van der Waals surface area (Å²) in [6, 6.07) is 7.90. The van der Waals surface area contributed by atoms with Gasteiger partial charge in [-0.2, -0.15) is 0 Å². The van der Waals surface area contributed by atoms with Gasteiger partial charge in [0.25, 0.3) is 0 Å². The summed E-state index contributed by atoms with van der Waals surface area (Å²) in [6.45, 7) is 4.18. The smallest absolute Gasteiger partial charge is 0.247 e. The molecular formula is C21H30N4O4. The number of carbonyl (C=O) groups excluding carboxylic acids is 3. The summed E-state index contributed by atoms with van der Waals surface area (Å²) < 4.78 is 0. The molecule has 1 aliphatic rings. The number of nitrogens with two attached hydrogens (primary N) is 1. The fourth-order valence-electron chi connectivity index (χ4n) is 3.49. The SMILES string of the molecule is CC(=O)[C@H](CCN)NC(=O)C(/C=C(/C)O)NC(=O)C1CNCC1c1ccccc1. The topological polar surface area (TPSA) is 134 Å². The van der Waals surface area contributed by atoms with Gasteiger partial charge in [0.15, 0.2) is 5.78 Å². The van der Waals surface area contributed by atoms with Gasteiger partial charge in [-0.15, -0.1) is 0 Å². The van der Waals surface area contributed by atoms with E-state index in [0.717, 1.165) is 5.56 Å². The number of allylic oxidation sites excluding steroid dienone is 1. The van der Waals surface area contributed by atoms with E-state index in [1.165, 1.54) is 19.9 Å². The minimum Gasteiger partial charge on any atom is -0.513 e. The quantitative estimate of drug-likeness (QED) is 0.379. The molecule has 2 amide bonds. The number of rotatable bonds is 9. The maximum absolute atomic E-state index is 12.9. The predicted octanol–water partition coefficient (Wildman–Crippen LogP) is 0.359. The Bertz CT molecular complexity index is 746. The molecule has 0 aliphatic carbocycles. The zero-order chi connectivity index (χ0) is 21.4. The van der Waals surface area contributed by atoms with Gasteiger partial charge in [0.1, 0.15) is 6.04 Å². The van der Waals surface area contributed by atoms with Crippen LogP contribution in [0, 0.1) is 5.92 Å². The molecule has 3 unspecified atom stereocenters. The molecule has 0 radical (unpaired) electrons. The lowest BCUT2D eigenvalue weighted by Crippen LogP contribution is -2.52. The molecule has 1 aromatic carbocycles. The van der Waals surface area contributed by atoms with Crippen molar-refractivity contribution in [2.45, 2.75) is 38.3 Å². The first kappa shape index (κ1) is 22.6. The van der Waals surface area contributed by atoms with E-state index in [4.69, 9.17) is 5.73 Å². The Morgan fingerprint density at radius 2 is 1.90 bits per heavy atom. The first-order chi connectivity index (χ1) is 13.8. The van der Waals surface area contributed by atoms with Crippen LogP contribution in [0.15, 0.2) is 42.2 Å². The largest absolute Gasteiger partial charge is 0.513 e. The minimum absolute atomic E-state index is 0.0127. The monoisotopic (exact) mass is 402 g/mol. The van der Waals surface area contributed by atoms with E-state index in [2.05, 4.69) is 16.0 Å². The number of benzene rings is 1. The zero-order valence-electron chi connectivity index (χ0n) is 16.9. The number of hydrogen-bond donors (Lipinski definition) is 5. The Morgan fingerprint density at radius 1 is 1.21 bits per heavy atom. The van der Waals surface area contributed by atoms with Crippen LogP contribution in [-0.2, 0) is 14.4 Å². The third kappa shape index (κ3) is 6.40. The van der Waals surface area contributed by atoms with E-state index in [1.807, 2.05) is 30.3 Å². The molecule has 6 N–H and O–H groups in total.